The molecule has 6 nitrogen and oxygen atoms in total. The van der Waals surface area contributed by atoms with Gasteiger partial charge in [-0.15, -0.1) is 0 Å². The van der Waals surface area contributed by atoms with Crippen molar-refractivity contribution in [2.24, 2.45) is 0 Å². The highest BCUT2D eigenvalue weighted by atomic mass is 16.3. The van der Waals surface area contributed by atoms with Crippen LogP contribution in [0.3, 0.4) is 0 Å². The standard InChI is InChI=1S/C51H31N5O/c1-4-16-32(17-5-1)49-52-50(33-18-6-2-7-19-33)54-51(53-49)39-29-31-43(46-38-24-12-15-27-44(38)57-48(39)46)56-41-26-14-11-23-37(41)45-42(56)30-28-36-35-22-10-13-25-40(35)55(47(36)45)34-20-8-3-9-21-34/h1-31H. The van der Waals surface area contributed by atoms with E-state index in [9.17, 15) is 0 Å². The molecule has 0 radical (unpaired) electrons. The Balaban J connectivity index is 1.18. The number of benzene rings is 8. The molecule has 0 N–H and O–H groups in total. The molecule has 0 saturated carbocycles. The number of hydrogen-bond acceptors (Lipinski definition) is 4. The first-order valence-corrected chi connectivity index (χ1v) is 19.1. The van der Waals surface area contributed by atoms with E-state index in [1.165, 1.54) is 32.6 Å². The third kappa shape index (κ3) is 4.74. The highest BCUT2D eigenvalue weighted by molar-refractivity contribution is 6.27. The summed E-state index contributed by atoms with van der Waals surface area (Å²) in [6.07, 6.45) is 0. The van der Waals surface area contributed by atoms with E-state index in [-0.39, 0.29) is 0 Å². The van der Waals surface area contributed by atoms with Crippen molar-refractivity contribution in [3.8, 4) is 45.5 Å². The highest BCUT2D eigenvalue weighted by Crippen LogP contribution is 2.45. The molecule has 4 aromatic heterocycles. The number of rotatable bonds is 5. The minimum absolute atomic E-state index is 0.551. The molecule has 0 spiro atoms. The third-order valence-electron chi connectivity index (χ3n) is 11.2. The molecule has 0 aliphatic rings. The Morgan fingerprint density at radius 1 is 0.368 bits per heavy atom. The lowest BCUT2D eigenvalue weighted by Crippen LogP contribution is -2.01. The van der Waals surface area contributed by atoms with Crippen molar-refractivity contribution in [2.45, 2.75) is 0 Å². The first kappa shape index (κ1) is 31.5. The van der Waals surface area contributed by atoms with Gasteiger partial charge in [-0.05, 0) is 48.5 Å². The van der Waals surface area contributed by atoms with E-state index in [0.29, 0.717) is 17.5 Å². The Hall–Kier alpha value is -7.83. The first-order valence-electron chi connectivity index (χ1n) is 19.1. The maximum Gasteiger partial charge on any atom is 0.167 e. The number of nitrogens with zero attached hydrogens (tertiary/aromatic N) is 5. The molecule has 57 heavy (non-hydrogen) atoms. The predicted octanol–water partition coefficient (Wildman–Crippen LogP) is 13.0. The largest absolute Gasteiger partial charge is 0.455 e. The highest BCUT2D eigenvalue weighted by Gasteiger charge is 2.25. The fourth-order valence-electron chi connectivity index (χ4n) is 8.72. The quantitative estimate of drug-likeness (QED) is 0.177. The number of aromatic nitrogens is 5. The van der Waals surface area contributed by atoms with Crippen LogP contribution in [0, 0.1) is 0 Å². The number of hydrogen-bond donors (Lipinski definition) is 0. The lowest BCUT2D eigenvalue weighted by atomic mass is 10.1. The van der Waals surface area contributed by atoms with E-state index in [1.807, 2.05) is 72.8 Å². The molecule has 12 aromatic rings. The van der Waals surface area contributed by atoms with E-state index in [4.69, 9.17) is 19.4 Å². The van der Waals surface area contributed by atoms with Crippen LogP contribution in [0.5, 0.6) is 0 Å². The van der Waals surface area contributed by atoms with Gasteiger partial charge in [0.1, 0.15) is 11.2 Å². The number of fused-ring (bicyclic) bond motifs is 10. The molecule has 6 heteroatoms. The zero-order chi connectivity index (χ0) is 37.5. The summed E-state index contributed by atoms with van der Waals surface area (Å²) in [6, 6.07) is 65.5. The summed E-state index contributed by atoms with van der Waals surface area (Å²) >= 11 is 0. The van der Waals surface area contributed by atoms with Crippen LogP contribution in [0.1, 0.15) is 0 Å². The Morgan fingerprint density at radius 3 is 1.63 bits per heavy atom. The van der Waals surface area contributed by atoms with Gasteiger partial charge in [0, 0.05) is 43.7 Å². The van der Waals surface area contributed by atoms with Crippen molar-refractivity contribution in [1.82, 2.24) is 24.1 Å². The molecule has 8 aromatic carbocycles. The summed E-state index contributed by atoms with van der Waals surface area (Å²) in [5.74, 6) is 1.76. The first-order chi connectivity index (χ1) is 28.3. The summed E-state index contributed by atoms with van der Waals surface area (Å²) in [5.41, 5.74) is 10.9. The van der Waals surface area contributed by atoms with Crippen LogP contribution in [0.25, 0.3) is 111 Å². The van der Waals surface area contributed by atoms with Gasteiger partial charge < -0.3 is 13.6 Å². The molecule has 0 aliphatic heterocycles. The van der Waals surface area contributed by atoms with Gasteiger partial charge in [0.25, 0.3) is 0 Å². The van der Waals surface area contributed by atoms with Gasteiger partial charge in [-0.3, -0.25) is 0 Å². The van der Waals surface area contributed by atoms with Crippen LogP contribution in [0.15, 0.2) is 192 Å². The van der Waals surface area contributed by atoms with Crippen molar-refractivity contribution in [3.63, 3.8) is 0 Å². The molecular weight excluding hydrogens is 699 g/mol. The van der Waals surface area contributed by atoms with E-state index in [1.54, 1.807) is 0 Å². The molecule has 0 saturated heterocycles. The fourth-order valence-corrected chi connectivity index (χ4v) is 8.72. The summed E-state index contributed by atoms with van der Waals surface area (Å²) in [7, 11) is 0. The van der Waals surface area contributed by atoms with Gasteiger partial charge in [0.05, 0.1) is 38.7 Å². The van der Waals surface area contributed by atoms with E-state index < -0.39 is 0 Å². The molecule has 0 amide bonds. The zero-order valence-corrected chi connectivity index (χ0v) is 30.5. The maximum absolute atomic E-state index is 6.86. The van der Waals surface area contributed by atoms with Crippen molar-refractivity contribution in [1.29, 1.82) is 0 Å². The van der Waals surface area contributed by atoms with Crippen LogP contribution < -0.4 is 0 Å². The van der Waals surface area contributed by atoms with E-state index in [2.05, 4.69) is 124 Å². The van der Waals surface area contributed by atoms with Gasteiger partial charge in [-0.1, -0.05) is 140 Å². The second-order valence-corrected chi connectivity index (χ2v) is 14.4. The fraction of sp³-hybridized carbons (Fsp3) is 0. The van der Waals surface area contributed by atoms with Gasteiger partial charge in [0.15, 0.2) is 17.5 Å². The zero-order valence-electron chi connectivity index (χ0n) is 30.5. The molecule has 0 aliphatic carbocycles. The molecule has 0 fully saturated rings. The monoisotopic (exact) mass is 729 g/mol. The van der Waals surface area contributed by atoms with Crippen LogP contribution in [-0.4, -0.2) is 24.1 Å². The molecule has 0 atom stereocenters. The Kier molecular flexibility index (Phi) is 6.83. The molecule has 0 bridgehead atoms. The van der Waals surface area contributed by atoms with Gasteiger partial charge >= 0.3 is 0 Å². The molecular formula is C51H31N5O. The van der Waals surface area contributed by atoms with E-state index >= 15 is 0 Å². The minimum atomic E-state index is 0.551. The normalized spacial score (nSPS) is 11.9. The maximum atomic E-state index is 6.86. The van der Waals surface area contributed by atoms with E-state index in [0.717, 1.165) is 61.0 Å². The second kappa shape index (κ2) is 12.3. The lowest BCUT2D eigenvalue weighted by Gasteiger charge is -2.13. The van der Waals surface area contributed by atoms with Crippen LogP contribution in [0.4, 0.5) is 0 Å². The molecule has 0 unspecified atom stereocenters. The number of furan rings is 1. The molecule has 266 valence electrons. The smallest absolute Gasteiger partial charge is 0.167 e. The topological polar surface area (TPSA) is 61.7 Å². The summed E-state index contributed by atoms with van der Waals surface area (Å²) in [5, 5.41) is 6.85. The predicted molar refractivity (Wildman–Crippen MR) is 232 cm³/mol. The van der Waals surface area contributed by atoms with Crippen molar-refractivity contribution in [2.75, 3.05) is 0 Å². The van der Waals surface area contributed by atoms with Gasteiger partial charge in [0.2, 0.25) is 0 Å². The van der Waals surface area contributed by atoms with Gasteiger partial charge in [-0.25, -0.2) is 15.0 Å². The third-order valence-corrected chi connectivity index (χ3v) is 11.2. The SMILES string of the molecule is c1ccc(-c2nc(-c3ccccc3)nc(-c3ccc(-n4c5ccccc5c5c4ccc4c6ccccc6n(-c6ccccc6)c45)c4c3oc3ccccc34)n2)cc1. The Labute approximate surface area is 326 Å². The molecule has 12 rings (SSSR count). The number of para-hydroxylation sites is 4. The summed E-state index contributed by atoms with van der Waals surface area (Å²) < 4.78 is 11.7. The Bertz CT molecular complexity index is 3450. The van der Waals surface area contributed by atoms with Crippen molar-refractivity contribution in [3.05, 3.63) is 188 Å². The second-order valence-electron chi connectivity index (χ2n) is 14.4. The van der Waals surface area contributed by atoms with Crippen LogP contribution in [-0.2, 0) is 0 Å². The average Bonchev–Trinajstić information content (AvgIpc) is 3.95. The lowest BCUT2D eigenvalue weighted by molar-refractivity contribution is 0.669. The molecule has 4 heterocycles. The summed E-state index contributed by atoms with van der Waals surface area (Å²) in [4.78, 5) is 15.2. The van der Waals surface area contributed by atoms with Crippen molar-refractivity contribution < 1.29 is 4.42 Å². The summed E-state index contributed by atoms with van der Waals surface area (Å²) in [6.45, 7) is 0. The van der Waals surface area contributed by atoms with Gasteiger partial charge in [-0.2, -0.15) is 0 Å². The van der Waals surface area contributed by atoms with Crippen LogP contribution >= 0.6 is 0 Å². The minimum Gasteiger partial charge on any atom is -0.455 e. The average molecular weight is 730 g/mol. The van der Waals surface area contributed by atoms with Crippen LogP contribution in [0.2, 0.25) is 0 Å². The van der Waals surface area contributed by atoms with Crippen molar-refractivity contribution >= 4 is 65.6 Å². The Morgan fingerprint density at radius 2 is 0.930 bits per heavy atom.